The Balaban J connectivity index is 2.23. The van der Waals surface area contributed by atoms with Crippen molar-refractivity contribution in [3.8, 4) is 12.3 Å². The fourth-order valence-corrected chi connectivity index (χ4v) is 2.64. The standard InChI is InChI=1S/C16H28O/c1-2-15-17-16-13-11-9-7-5-3-4-6-8-10-12-14-16/h1,16H,3-15H2. The predicted molar refractivity (Wildman–Crippen MR) is 74.0 cm³/mol. The molecule has 1 fully saturated rings. The zero-order chi connectivity index (χ0) is 12.2. The van der Waals surface area contributed by atoms with E-state index in [4.69, 9.17) is 11.2 Å². The molecule has 0 saturated heterocycles. The molecule has 0 N–H and O–H groups in total. The van der Waals surface area contributed by atoms with Gasteiger partial charge in [-0.1, -0.05) is 70.1 Å². The van der Waals surface area contributed by atoms with Gasteiger partial charge in [-0.15, -0.1) is 6.42 Å². The van der Waals surface area contributed by atoms with E-state index in [1.165, 1.54) is 77.0 Å². The molecule has 0 aromatic heterocycles. The average Bonchev–Trinajstić information content (AvgIpc) is 2.37. The van der Waals surface area contributed by atoms with Crippen molar-refractivity contribution in [2.75, 3.05) is 6.61 Å². The summed E-state index contributed by atoms with van der Waals surface area (Å²) in [5.41, 5.74) is 0. The first-order valence-corrected chi connectivity index (χ1v) is 7.48. The molecule has 1 nitrogen and oxygen atoms in total. The molecule has 0 aliphatic heterocycles. The maximum Gasteiger partial charge on any atom is 0.107 e. The summed E-state index contributed by atoms with van der Waals surface area (Å²) in [5.74, 6) is 2.59. The first-order chi connectivity index (χ1) is 8.43. The van der Waals surface area contributed by atoms with Gasteiger partial charge < -0.3 is 4.74 Å². The molecule has 0 radical (unpaired) electrons. The topological polar surface area (TPSA) is 9.23 Å². The Morgan fingerprint density at radius 1 is 0.765 bits per heavy atom. The van der Waals surface area contributed by atoms with E-state index in [-0.39, 0.29) is 0 Å². The van der Waals surface area contributed by atoms with Crippen LogP contribution in [0.3, 0.4) is 0 Å². The quantitative estimate of drug-likeness (QED) is 0.631. The fourth-order valence-electron chi connectivity index (χ4n) is 2.64. The van der Waals surface area contributed by atoms with Crippen LogP contribution in [0.2, 0.25) is 0 Å². The van der Waals surface area contributed by atoms with Crippen LogP contribution in [0.4, 0.5) is 0 Å². The third-order valence-corrected chi connectivity index (χ3v) is 3.70. The van der Waals surface area contributed by atoms with Gasteiger partial charge in [-0.3, -0.25) is 0 Å². The first kappa shape index (κ1) is 14.6. The van der Waals surface area contributed by atoms with Crippen molar-refractivity contribution in [1.82, 2.24) is 0 Å². The van der Waals surface area contributed by atoms with Crippen molar-refractivity contribution >= 4 is 0 Å². The van der Waals surface area contributed by atoms with Crippen LogP contribution in [0, 0.1) is 12.3 Å². The molecule has 1 saturated carbocycles. The number of rotatable bonds is 2. The minimum absolute atomic E-state index is 0.423. The van der Waals surface area contributed by atoms with E-state index in [2.05, 4.69) is 5.92 Å². The molecule has 0 unspecified atom stereocenters. The normalized spacial score (nSPS) is 21.8. The van der Waals surface area contributed by atoms with Gasteiger partial charge in [-0.05, 0) is 12.8 Å². The third kappa shape index (κ3) is 8.27. The van der Waals surface area contributed by atoms with E-state index in [9.17, 15) is 0 Å². The maximum absolute atomic E-state index is 5.73. The molecule has 1 heteroatoms. The van der Waals surface area contributed by atoms with Gasteiger partial charge >= 0.3 is 0 Å². The summed E-state index contributed by atoms with van der Waals surface area (Å²) in [6.45, 7) is 0.491. The van der Waals surface area contributed by atoms with Gasteiger partial charge in [-0.2, -0.15) is 0 Å². The summed E-state index contributed by atoms with van der Waals surface area (Å²) in [4.78, 5) is 0. The number of terminal acetylenes is 1. The van der Waals surface area contributed by atoms with Crippen molar-refractivity contribution in [2.24, 2.45) is 0 Å². The second kappa shape index (κ2) is 10.7. The molecule has 0 atom stereocenters. The highest BCUT2D eigenvalue weighted by Crippen LogP contribution is 2.18. The Bertz CT molecular complexity index is 190. The molecule has 1 rings (SSSR count). The lowest BCUT2D eigenvalue weighted by molar-refractivity contribution is 0.0608. The van der Waals surface area contributed by atoms with Crippen LogP contribution in [0.25, 0.3) is 0 Å². The van der Waals surface area contributed by atoms with Crippen molar-refractivity contribution < 1.29 is 4.74 Å². The van der Waals surface area contributed by atoms with E-state index in [0.29, 0.717) is 12.7 Å². The van der Waals surface area contributed by atoms with Crippen LogP contribution in [-0.2, 0) is 4.74 Å². The first-order valence-electron chi connectivity index (χ1n) is 7.48. The fraction of sp³-hybridized carbons (Fsp3) is 0.875. The second-order valence-corrected chi connectivity index (χ2v) is 5.25. The highest BCUT2D eigenvalue weighted by molar-refractivity contribution is 4.83. The molecule has 0 aromatic carbocycles. The van der Waals surface area contributed by atoms with E-state index in [1.807, 2.05) is 0 Å². The lowest BCUT2D eigenvalue weighted by atomic mass is 10.0. The minimum atomic E-state index is 0.423. The maximum atomic E-state index is 5.73. The molecule has 0 heterocycles. The number of hydrogen-bond donors (Lipinski definition) is 0. The second-order valence-electron chi connectivity index (χ2n) is 5.25. The molecule has 0 bridgehead atoms. The Hall–Kier alpha value is -0.480. The van der Waals surface area contributed by atoms with Gasteiger partial charge in [0.05, 0.1) is 6.10 Å². The Morgan fingerprint density at radius 3 is 1.59 bits per heavy atom. The summed E-state index contributed by atoms with van der Waals surface area (Å²) in [7, 11) is 0. The van der Waals surface area contributed by atoms with Gasteiger partial charge in [0.1, 0.15) is 6.61 Å². The minimum Gasteiger partial charge on any atom is -0.366 e. The van der Waals surface area contributed by atoms with Crippen LogP contribution < -0.4 is 0 Å². The zero-order valence-corrected chi connectivity index (χ0v) is 11.3. The van der Waals surface area contributed by atoms with Gasteiger partial charge in [0, 0.05) is 0 Å². The molecule has 17 heavy (non-hydrogen) atoms. The van der Waals surface area contributed by atoms with E-state index >= 15 is 0 Å². The Kier molecular flexibility index (Phi) is 9.14. The molecule has 1 aliphatic carbocycles. The number of hydrogen-bond acceptors (Lipinski definition) is 1. The number of ether oxygens (including phenoxy) is 1. The van der Waals surface area contributed by atoms with Crippen molar-refractivity contribution in [3.05, 3.63) is 0 Å². The summed E-state index contributed by atoms with van der Waals surface area (Å²) < 4.78 is 5.73. The van der Waals surface area contributed by atoms with Crippen LogP contribution in [0.5, 0.6) is 0 Å². The average molecular weight is 236 g/mol. The van der Waals surface area contributed by atoms with E-state index in [0.717, 1.165) is 0 Å². The highest BCUT2D eigenvalue weighted by atomic mass is 16.5. The summed E-state index contributed by atoms with van der Waals surface area (Å²) in [6.07, 6.45) is 22.0. The lowest BCUT2D eigenvalue weighted by Gasteiger charge is -2.16. The van der Waals surface area contributed by atoms with Crippen LogP contribution in [0.15, 0.2) is 0 Å². The van der Waals surface area contributed by atoms with Gasteiger partial charge in [0.15, 0.2) is 0 Å². The smallest absolute Gasteiger partial charge is 0.107 e. The van der Waals surface area contributed by atoms with Gasteiger partial charge in [0.2, 0.25) is 0 Å². The van der Waals surface area contributed by atoms with Gasteiger partial charge in [-0.25, -0.2) is 0 Å². The Morgan fingerprint density at radius 2 is 1.18 bits per heavy atom. The molecular formula is C16H28O. The lowest BCUT2D eigenvalue weighted by Crippen LogP contribution is -2.13. The van der Waals surface area contributed by atoms with Crippen LogP contribution in [0.1, 0.15) is 77.0 Å². The predicted octanol–water partition coefficient (Wildman–Crippen LogP) is 4.70. The highest BCUT2D eigenvalue weighted by Gasteiger charge is 2.08. The molecule has 98 valence electrons. The van der Waals surface area contributed by atoms with E-state index in [1.54, 1.807) is 0 Å². The molecule has 0 amide bonds. The Labute approximate surface area is 107 Å². The van der Waals surface area contributed by atoms with Gasteiger partial charge in [0.25, 0.3) is 0 Å². The SMILES string of the molecule is C#CCOC1CCCCCCCCCCCC1. The zero-order valence-electron chi connectivity index (χ0n) is 11.3. The third-order valence-electron chi connectivity index (χ3n) is 3.70. The summed E-state index contributed by atoms with van der Waals surface area (Å²) in [5, 5.41) is 0. The van der Waals surface area contributed by atoms with Crippen molar-refractivity contribution in [3.63, 3.8) is 0 Å². The largest absolute Gasteiger partial charge is 0.366 e. The molecular weight excluding hydrogens is 208 g/mol. The van der Waals surface area contributed by atoms with Crippen LogP contribution >= 0.6 is 0 Å². The molecule has 0 spiro atoms. The summed E-state index contributed by atoms with van der Waals surface area (Å²) >= 11 is 0. The van der Waals surface area contributed by atoms with Crippen molar-refractivity contribution in [2.45, 2.75) is 83.2 Å². The van der Waals surface area contributed by atoms with Crippen LogP contribution in [-0.4, -0.2) is 12.7 Å². The van der Waals surface area contributed by atoms with Crippen molar-refractivity contribution in [1.29, 1.82) is 0 Å². The summed E-state index contributed by atoms with van der Waals surface area (Å²) in [6, 6.07) is 0. The monoisotopic (exact) mass is 236 g/mol. The molecule has 0 aromatic rings. The van der Waals surface area contributed by atoms with E-state index < -0.39 is 0 Å². The molecule has 1 aliphatic rings.